The summed E-state index contributed by atoms with van der Waals surface area (Å²) >= 11 is 0. The third-order valence-corrected chi connectivity index (χ3v) is 4.57. The number of rotatable bonds is 13. The first kappa shape index (κ1) is 22.2. The summed E-state index contributed by atoms with van der Waals surface area (Å²) in [5.74, 6) is -0.0814. The van der Waals surface area contributed by atoms with Crippen molar-refractivity contribution in [3.63, 3.8) is 0 Å². The zero-order chi connectivity index (χ0) is 19.4. The minimum Gasteiger partial charge on any atom is -0.472 e. The zero-order valence-corrected chi connectivity index (χ0v) is 16.8. The van der Waals surface area contributed by atoms with Crippen LogP contribution < -0.4 is 5.32 Å². The highest BCUT2D eigenvalue weighted by molar-refractivity contribution is 5.94. The fraction of sp³-hybridized carbons (Fsp3) is 0.700. The zero-order valence-electron chi connectivity index (χ0n) is 16.8. The Labute approximate surface area is 157 Å². The topological polar surface area (TPSA) is 65.8 Å². The maximum atomic E-state index is 12.4. The second kappa shape index (κ2) is 12.5. The first-order chi connectivity index (χ1) is 12.5. The fourth-order valence-electron chi connectivity index (χ4n) is 2.97. The Kier molecular flexibility index (Phi) is 10.7. The van der Waals surface area contributed by atoms with Gasteiger partial charge in [0.25, 0.3) is 5.91 Å². The average molecular weight is 366 g/mol. The van der Waals surface area contributed by atoms with E-state index in [-0.39, 0.29) is 17.9 Å². The number of carbonyl (C=O) groups is 2. The summed E-state index contributed by atoms with van der Waals surface area (Å²) in [6.45, 7) is 12.7. The summed E-state index contributed by atoms with van der Waals surface area (Å²) in [5, 5.41) is 3.05. The van der Waals surface area contributed by atoms with Crippen LogP contribution in [0.25, 0.3) is 0 Å². The van der Waals surface area contributed by atoms with E-state index in [9.17, 15) is 9.59 Å². The predicted molar refractivity (Wildman–Crippen MR) is 104 cm³/mol. The summed E-state index contributed by atoms with van der Waals surface area (Å²) in [7, 11) is 0. The summed E-state index contributed by atoms with van der Waals surface area (Å²) in [4.78, 5) is 28.7. The molecule has 1 aromatic heterocycles. The number of nitrogens with zero attached hydrogens (tertiary/aromatic N) is 2. The SMILES string of the molecule is CCCN(CCC(=O)NC(C)CCCN(CC)CC)C(=O)c1ccoc1. The highest BCUT2D eigenvalue weighted by atomic mass is 16.3. The van der Waals surface area contributed by atoms with Crippen LogP contribution in [0.4, 0.5) is 0 Å². The van der Waals surface area contributed by atoms with E-state index < -0.39 is 0 Å². The fourth-order valence-corrected chi connectivity index (χ4v) is 2.97. The molecule has 0 aromatic carbocycles. The Hall–Kier alpha value is -1.82. The van der Waals surface area contributed by atoms with Crippen molar-refractivity contribution in [2.75, 3.05) is 32.7 Å². The van der Waals surface area contributed by atoms with E-state index >= 15 is 0 Å². The lowest BCUT2D eigenvalue weighted by molar-refractivity contribution is -0.121. The molecule has 2 amide bonds. The molecule has 0 aliphatic carbocycles. The molecule has 0 saturated carbocycles. The van der Waals surface area contributed by atoms with Crippen molar-refractivity contribution in [2.45, 2.75) is 59.4 Å². The Balaban J connectivity index is 2.35. The second-order valence-electron chi connectivity index (χ2n) is 6.69. The molecule has 1 unspecified atom stereocenters. The summed E-state index contributed by atoms with van der Waals surface area (Å²) in [5.41, 5.74) is 0.531. The van der Waals surface area contributed by atoms with Crippen molar-refractivity contribution in [2.24, 2.45) is 0 Å². The molecule has 0 fully saturated rings. The molecule has 0 radical (unpaired) electrons. The Morgan fingerprint density at radius 3 is 2.46 bits per heavy atom. The molecule has 1 rings (SSSR count). The van der Waals surface area contributed by atoms with E-state index in [1.165, 1.54) is 12.5 Å². The molecule has 1 heterocycles. The molecule has 0 bridgehead atoms. The van der Waals surface area contributed by atoms with E-state index in [1.807, 2.05) is 13.8 Å². The molecule has 1 aromatic rings. The van der Waals surface area contributed by atoms with Crippen molar-refractivity contribution in [1.29, 1.82) is 0 Å². The molecule has 6 nitrogen and oxygen atoms in total. The number of furan rings is 1. The van der Waals surface area contributed by atoms with Gasteiger partial charge in [-0.3, -0.25) is 9.59 Å². The van der Waals surface area contributed by atoms with Gasteiger partial charge in [0, 0.05) is 25.6 Å². The molecule has 6 heteroatoms. The molecular formula is C20H35N3O3. The van der Waals surface area contributed by atoms with Crippen LogP contribution in [0, 0.1) is 0 Å². The van der Waals surface area contributed by atoms with Gasteiger partial charge in [-0.2, -0.15) is 0 Å². The van der Waals surface area contributed by atoms with E-state index in [0.29, 0.717) is 25.1 Å². The van der Waals surface area contributed by atoms with Crippen molar-refractivity contribution in [1.82, 2.24) is 15.1 Å². The first-order valence-electron chi connectivity index (χ1n) is 9.84. The molecule has 1 atom stereocenters. The van der Waals surface area contributed by atoms with Crippen LogP contribution in [-0.2, 0) is 4.79 Å². The highest BCUT2D eigenvalue weighted by Crippen LogP contribution is 2.07. The van der Waals surface area contributed by atoms with Crippen LogP contribution in [0.5, 0.6) is 0 Å². The van der Waals surface area contributed by atoms with Gasteiger partial charge in [-0.15, -0.1) is 0 Å². The highest BCUT2D eigenvalue weighted by Gasteiger charge is 2.17. The van der Waals surface area contributed by atoms with E-state index in [0.717, 1.165) is 38.9 Å². The average Bonchev–Trinajstić information content (AvgIpc) is 3.16. The van der Waals surface area contributed by atoms with Crippen molar-refractivity contribution in [3.05, 3.63) is 24.2 Å². The van der Waals surface area contributed by atoms with Gasteiger partial charge in [0.05, 0.1) is 11.8 Å². The molecule has 0 spiro atoms. The van der Waals surface area contributed by atoms with Crippen LogP contribution in [-0.4, -0.2) is 60.4 Å². The molecule has 0 aliphatic heterocycles. The predicted octanol–water partition coefficient (Wildman–Crippen LogP) is 3.15. The normalized spacial score (nSPS) is 12.2. The quantitative estimate of drug-likeness (QED) is 0.583. The van der Waals surface area contributed by atoms with Gasteiger partial charge >= 0.3 is 0 Å². The van der Waals surface area contributed by atoms with Crippen molar-refractivity contribution in [3.8, 4) is 0 Å². The molecular weight excluding hydrogens is 330 g/mol. The summed E-state index contributed by atoms with van der Waals surface area (Å²) in [6.07, 6.45) is 6.16. The lowest BCUT2D eigenvalue weighted by atomic mass is 10.1. The number of amides is 2. The molecule has 0 saturated heterocycles. The van der Waals surface area contributed by atoms with Crippen LogP contribution in [0.15, 0.2) is 23.0 Å². The molecule has 0 aliphatic rings. The van der Waals surface area contributed by atoms with Crippen LogP contribution in [0.3, 0.4) is 0 Å². The van der Waals surface area contributed by atoms with Gasteiger partial charge < -0.3 is 19.5 Å². The van der Waals surface area contributed by atoms with Crippen LogP contribution >= 0.6 is 0 Å². The second-order valence-corrected chi connectivity index (χ2v) is 6.69. The summed E-state index contributed by atoms with van der Waals surface area (Å²) < 4.78 is 4.98. The summed E-state index contributed by atoms with van der Waals surface area (Å²) in [6, 6.07) is 1.81. The van der Waals surface area contributed by atoms with Gasteiger partial charge in [-0.25, -0.2) is 0 Å². The number of carbonyl (C=O) groups excluding carboxylic acids is 2. The number of hydrogen-bond acceptors (Lipinski definition) is 4. The van der Waals surface area contributed by atoms with E-state index in [4.69, 9.17) is 4.42 Å². The largest absolute Gasteiger partial charge is 0.472 e. The molecule has 148 valence electrons. The van der Waals surface area contributed by atoms with Crippen molar-refractivity contribution < 1.29 is 14.0 Å². The first-order valence-corrected chi connectivity index (χ1v) is 9.84. The minimum absolute atomic E-state index is 0.00133. The maximum Gasteiger partial charge on any atom is 0.257 e. The standard InChI is InChI=1S/C20H35N3O3/c1-5-12-23(20(25)18-11-15-26-16-18)14-10-19(24)21-17(4)9-8-13-22(6-2)7-3/h11,15-17H,5-10,12-14H2,1-4H3,(H,21,24). The van der Waals surface area contributed by atoms with Crippen LogP contribution in [0.1, 0.15) is 63.7 Å². The minimum atomic E-state index is -0.0827. The Morgan fingerprint density at radius 1 is 1.15 bits per heavy atom. The van der Waals surface area contributed by atoms with E-state index in [2.05, 4.69) is 24.1 Å². The van der Waals surface area contributed by atoms with Gasteiger partial charge in [0.1, 0.15) is 6.26 Å². The van der Waals surface area contributed by atoms with Gasteiger partial charge in [0.15, 0.2) is 0 Å². The Bertz CT molecular complexity index is 512. The number of hydrogen-bond donors (Lipinski definition) is 1. The maximum absolute atomic E-state index is 12.4. The van der Waals surface area contributed by atoms with E-state index in [1.54, 1.807) is 11.0 Å². The third-order valence-electron chi connectivity index (χ3n) is 4.57. The van der Waals surface area contributed by atoms with Gasteiger partial charge in [0.2, 0.25) is 5.91 Å². The van der Waals surface area contributed by atoms with Gasteiger partial charge in [-0.1, -0.05) is 20.8 Å². The molecule has 26 heavy (non-hydrogen) atoms. The molecule has 1 N–H and O–H groups in total. The van der Waals surface area contributed by atoms with Crippen molar-refractivity contribution >= 4 is 11.8 Å². The Morgan fingerprint density at radius 2 is 1.88 bits per heavy atom. The van der Waals surface area contributed by atoms with Crippen LogP contribution in [0.2, 0.25) is 0 Å². The third kappa shape index (κ3) is 8.04. The van der Waals surface area contributed by atoms with Gasteiger partial charge in [-0.05, 0) is 51.9 Å². The number of nitrogens with one attached hydrogen (secondary N) is 1. The monoisotopic (exact) mass is 365 g/mol. The lowest BCUT2D eigenvalue weighted by Crippen LogP contribution is -2.38. The smallest absolute Gasteiger partial charge is 0.257 e. The lowest BCUT2D eigenvalue weighted by Gasteiger charge is -2.22.